The second-order valence-corrected chi connectivity index (χ2v) is 6.57. The van der Waals surface area contributed by atoms with Gasteiger partial charge in [-0.15, -0.1) is 0 Å². The Morgan fingerprint density at radius 2 is 1.64 bits per heavy atom. The van der Waals surface area contributed by atoms with Gasteiger partial charge in [-0.2, -0.15) is 0 Å². The summed E-state index contributed by atoms with van der Waals surface area (Å²) in [6, 6.07) is 15.3. The van der Waals surface area contributed by atoms with Crippen molar-refractivity contribution in [2.75, 3.05) is 5.32 Å². The highest BCUT2D eigenvalue weighted by atomic mass is 16.3. The van der Waals surface area contributed by atoms with Crippen LogP contribution >= 0.6 is 0 Å². The van der Waals surface area contributed by atoms with Crippen LogP contribution in [0.2, 0.25) is 0 Å². The van der Waals surface area contributed by atoms with Gasteiger partial charge in [-0.05, 0) is 50.1 Å². The monoisotopic (exact) mass is 340 g/mol. The van der Waals surface area contributed by atoms with E-state index < -0.39 is 12.0 Å². The average Bonchev–Trinajstić information content (AvgIpc) is 2.62. The Bertz CT molecular complexity index is 724. The Hall–Kier alpha value is -2.66. The van der Waals surface area contributed by atoms with E-state index in [2.05, 4.69) is 10.6 Å². The summed E-state index contributed by atoms with van der Waals surface area (Å²) < 4.78 is 0. The molecule has 25 heavy (non-hydrogen) atoms. The van der Waals surface area contributed by atoms with Gasteiger partial charge in [0.05, 0.1) is 0 Å². The molecule has 0 aromatic heterocycles. The summed E-state index contributed by atoms with van der Waals surface area (Å²) in [6.07, 6.45) is -0.418. The van der Waals surface area contributed by atoms with Crippen molar-refractivity contribution in [3.63, 3.8) is 0 Å². The van der Waals surface area contributed by atoms with E-state index in [-0.39, 0.29) is 11.4 Å². The lowest BCUT2D eigenvalue weighted by Crippen LogP contribution is -2.42. The molecule has 3 N–H and O–H groups in total. The number of amides is 2. The highest BCUT2D eigenvalue weighted by Crippen LogP contribution is 2.17. The second kappa shape index (κ2) is 7.94. The maximum Gasteiger partial charge on any atom is 0.257 e. The number of aliphatic hydroxyl groups excluding tert-OH is 1. The maximum absolute atomic E-state index is 12.2. The number of hydrogen-bond acceptors (Lipinski definition) is 3. The molecule has 0 aliphatic heterocycles. The van der Waals surface area contributed by atoms with Crippen molar-refractivity contribution in [2.45, 2.75) is 38.8 Å². The zero-order valence-electron chi connectivity index (χ0n) is 14.7. The summed E-state index contributed by atoms with van der Waals surface area (Å²) in [7, 11) is 0. The van der Waals surface area contributed by atoms with Gasteiger partial charge in [-0.3, -0.25) is 9.59 Å². The van der Waals surface area contributed by atoms with E-state index in [1.807, 2.05) is 26.8 Å². The predicted octanol–water partition coefficient (Wildman–Crippen LogP) is 3.28. The Balaban J connectivity index is 2.00. The molecule has 0 heterocycles. The van der Waals surface area contributed by atoms with E-state index in [0.29, 0.717) is 16.8 Å². The lowest BCUT2D eigenvalue weighted by molar-refractivity contribution is -0.124. The van der Waals surface area contributed by atoms with Crippen molar-refractivity contribution in [2.24, 2.45) is 0 Å². The van der Waals surface area contributed by atoms with Gasteiger partial charge in [-0.25, -0.2) is 0 Å². The number of rotatable bonds is 6. The van der Waals surface area contributed by atoms with Gasteiger partial charge in [0, 0.05) is 16.8 Å². The third-order valence-corrected chi connectivity index (χ3v) is 4.11. The third-order valence-electron chi connectivity index (χ3n) is 4.11. The first-order chi connectivity index (χ1) is 11.8. The van der Waals surface area contributed by atoms with E-state index in [4.69, 9.17) is 0 Å². The van der Waals surface area contributed by atoms with Crippen LogP contribution in [-0.2, 0) is 4.79 Å². The normalized spacial score (nSPS) is 12.3. The fraction of sp³-hybridized carbons (Fsp3) is 0.300. The maximum atomic E-state index is 12.2. The summed E-state index contributed by atoms with van der Waals surface area (Å²) in [6.45, 7) is 5.94. The van der Waals surface area contributed by atoms with E-state index in [1.165, 1.54) is 0 Å². The van der Waals surface area contributed by atoms with Crippen molar-refractivity contribution < 1.29 is 14.7 Å². The zero-order chi connectivity index (χ0) is 18.4. The van der Waals surface area contributed by atoms with Crippen LogP contribution in [0.25, 0.3) is 0 Å². The van der Waals surface area contributed by atoms with Crippen LogP contribution in [0.15, 0.2) is 54.6 Å². The lowest BCUT2D eigenvalue weighted by Gasteiger charge is -2.24. The molecule has 0 aliphatic carbocycles. The Kier molecular flexibility index (Phi) is 5.93. The molecule has 2 aromatic carbocycles. The fourth-order valence-corrected chi connectivity index (χ4v) is 2.17. The van der Waals surface area contributed by atoms with Crippen molar-refractivity contribution in [3.05, 3.63) is 65.7 Å². The van der Waals surface area contributed by atoms with E-state index in [0.717, 1.165) is 6.42 Å². The van der Waals surface area contributed by atoms with E-state index in [9.17, 15) is 14.7 Å². The minimum atomic E-state index is -1.24. The number of carbonyl (C=O) groups excluding carboxylic acids is 2. The molecule has 1 unspecified atom stereocenters. The predicted molar refractivity (Wildman–Crippen MR) is 98.3 cm³/mol. The molecule has 5 heteroatoms. The summed E-state index contributed by atoms with van der Waals surface area (Å²) in [5.41, 5.74) is 1.29. The molecule has 132 valence electrons. The molecule has 2 amide bonds. The quantitative estimate of drug-likeness (QED) is 0.755. The summed E-state index contributed by atoms with van der Waals surface area (Å²) in [5, 5.41) is 15.7. The van der Waals surface area contributed by atoms with Crippen molar-refractivity contribution in [3.8, 4) is 0 Å². The molecule has 0 bridgehead atoms. The number of carbonyl (C=O) groups is 2. The number of hydrogen-bond donors (Lipinski definition) is 3. The zero-order valence-corrected chi connectivity index (χ0v) is 14.7. The van der Waals surface area contributed by atoms with Crippen molar-refractivity contribution in [1.82, 2.24) is 5.32 Å². The number of benzene rings is 2. The summed E-state index contributed by atoms with van der Waals surface area (Å²) in [5.74, 6) is -0.676. The minimum Gasteiger partial charge on any atom is -0.378 e. The SMILES string of the molecule is CCC(C)(C)NC(=O)c1ccc(NC(=O)C(O)c2ccccc2)cc1. The first kappa shape index (κ1) is 18.7. The summed E-state index contributed by atoms with van der Waals surface area (Å²) >= 11 is 0. The largest absolute Gasteiger partial charge is 0.378 e. The first-order valence-electron chi connectivity index (χ1n) is 8.29. The van der Waals surface area contributed by atoms with Crippen LogP contribution in [0.1, 0.15) is 49.2 Å². The second-order valence-electron chi connectivity index (χ2n) is 6.57. The Morgan fingerprint density at radius 1 is 1.04 bits per heavy atom. The van der Waals surface area contributed by atoms with Crippen LogP contribution in [0, 0.1) is 0 Å². The lowest BCUT2D eigenvalue weighted by atomic mass is 10.0. The Labute approximate surface area is 148 Å². The average molecular weight is 340 g/mol. The molecule has 0 aliphatic rings. The van der Waals surface area contributed by atoms with E-state index in [1.54, 1.807) is 48.5 Å². The molecule has 2 rings (SSSR count). The first-order valence-corrected chi connectivity index (χ1v) is 8.29. The Morgan fingerprint density at radius 3 is 2.20 bits per heavy atom. The molecule has 0 radical (unpaired) electrons. The molecule has 1 atom stereocenters. The molecule has 5 nitrogen and oxygen atoms in total. The van der Waals surface area contributed by atoms with Gasteiger partial charge in [-0.1, -0.05) is 37.3 Å². The van der Waals surface area contributed by atoms with Crippen LogP contribution in [0.4, 0.5) is 5.69 Å². The van der Waals surface area contributed by atoms with Gasteiger partial charge < -0.3 is 15.7 Å². The molecule has 0 saturated carbocycles. The molecular weight excluding hydrogens is 316 g/mol. The van der Waals surface area contributed by atoms with Crippen LogP contribution in [-0.4, -0.2) is 22.5 Å². The smallest absolute Gasteiger partial charge is 0.257 e. The highest BCUT2D eigenvalue weighted by Gasteiger charge is 2.19. The van der Waals surface area contributed by atoms with Crippen LogP contribution in [0.5, 0.6) is 0 Å². The number of anilines is 1. The van der Waals surface area contributed by atoms with Gasteiger partial charge in [0.25, 0.3) is 11.8 Å². The van der Waals surface area contributed by atoms with E-state index >= 15 is 0 Å². The standard InChI is InChI=1S/C20H24N2O3/c1-4-20(2,3)22-18(24)15-10-12-16(13-11-15)21-19(25)17(23)14-8-6-5-7-9-14/h5-13,17,23H,4H2,1-3H3,(H,21,25)(H,22,24). The van der Waals surface area contributed by atoms with Crippen molar-refractivity contribution >= 4 is 17.5 Å². The van der Waals surface area contributed by atoms with Crippen LogP contribution in [0.3, 0.4) is 0 Å². The van der Waals surface area contributed by atoms with Gasteiger partial charge in [0.15, 0.2) is 6.10 Å². The van der Waals surface area contributed by atoms with Gasteiger partial charge in [0.2, 0.25) is 0 Å². The van der Waals surface area contributed by atoms with Crippen molar-refractivity contribution in [1.29, 1.82) is 0 Å². The highest BCUT2D eigenvalue weighted by molar-refractivity contribution is 5.97. The molecular formula is C20H24N2O3. The number of aliphatic hydroxyl groups is 1. The topological polar surface area (TPSA) is 78.4 Å². The molecule has 0 fully saturated rings. The fourth-order valence-electron chi connectivity index (χ4n) is 2.17. The number of nitrogens with one attached hydrogen (secondary N) is 2. The molecule has 0 spiro atoms. The minimum absolute atomic E-state index is 0.158. The molecule has 0 saturated heterocycles. The third kappa shape index (κ3) is 5.16. The molecule has 2 aromatic rings. The van der Waals surface area contributed by atoms with Crippen LogP contribution < -0.4 is 10.6 Å². The van der Waals surface area contributed by atoms with Gasteiger partial charge >= 0.3 is 0 Å². The van der Waals surface area contributed by atoms with Gasteiger partial charge in [0.1, 0.15) is 0 Å². The summed E-state index contributed by atoms with van der Waals surface area (Å²) in [4.78, 5) is 24.3.